The van der Waals surface area contributed by atoms with Crippen LogP contribution in [0, 0.1) is 13.8 Å². The molecule has 0 saturated carbocycles. The summed E-state index contributed by atoms with van der Waals surface area (Å²) in [7, 11) is 0. The number of hydrogen-bond donors (Lipinski definition) is 0. The summed E-state index contributed by atoms with van der Waals surface area (Å²) >= 11 is 0. The zero-order chi connectivity index (χ0) is 10.4. The predicted octanol–water partition coefficient (Wildman–Crippen LogP) is 2.66. The third kappa shape index (κ3) is 1.18. The molecule has 0 unspecified atom stereocenters. The molecule has 0 amide bonds. The molecule has 15 heavy (non-hydrogen) atoms. The van der Waals surface area contributed by atoms with Crippen LogP contribution in [-0.2, 0) is 6.42 Å². The quantitative estimate of drug-likeness (QED) is 0.552. The van der Waals surface area contributed by atoms with Crippen molar-refractivity contribution in [2.75, 3.05) is 0 Å². The summed E-state index contributed by atoms with van der Waals surface area (Å²) in [5.41, 5.74) is 6.43. The van der Waals surface area contributed by atoms with E-state index in [1.54, 1.807) is 0 Å². The van der Waals surface area contributed by atoms with Gasteiger partial charge in [-0.3, -0.25) is 0 Å². The average molecular weight is 196 g/mol. The molecule has 0 bridgehead atoms. The number of rotatable bonds is 0. The van der Waals surface area contributed by atoms with E-state index in [1.165, 1.54) is 22.3 Å². The molecule has 0 aliphatic heterocycles. The number of nitrogens with zero attached hydrogens (tertiary/aromatic N) is 2. The summed E-state index contributed by atoms with van der Waals surface area (Å²) in [5, 5.41) is 0. The Morgan fingerprint density at radius 2 is 2.07 bits per heavy atom. The first-order valence-corrected chi connectivity index (χ1v) is 5.17. The van der Waals surface area contributed by atoms with Crippen LogP contribution in [0.25, 0.3) is 11.3 Å². The van der Waals surface area contributed by atoms with Gasteiger partial charge in [-0.05, 0) is 25.0 Å². The molecule has 2 nitrogen and oxygen atoms in total. The number of aromatic nitrogens is 2. The predicted molar refractivity (Wildman–Crippen MR) is 59.7 cm³/mol. The summed E-state index contributed by atoms with van der Waals surface area (Å²) in [5.74, 6) is 0.850. The minimum absolute atomic E-state index is 0.850. The fraction of sp³-hybridized carbons (Fsp3) is 0.231. The van der Waals surface area contributed by atoms with Crippen molar-refractivity contribution in [3.8, 4) is 11.3 Å². The Kier molecular flexibility index (Phi) is 1.66. The standard InChI is InChI=1S/C13H12N2/c1-8-4-3-5-11-12(8)6-10-7-14-9(2)15-13(10)11/h3-5,7H,6H2,1-2H3. The van der Waals surface area contributed by atoms with Gasteiger partial charge in [-0.25, -0.2) is 9.97 Å². The summed E-state index contributed by atoms with van der Waals surface area (Å²) < 4.78 is 0. The van der Waals surface area contributed by atoms with Crippen LogP contribution in [0.15, 0.2) is 24.4 Å². The van der Waals surface area contributed by atoms with Crippen molar-refractivity contribution in [3.63, 3.8) is 0 Å². The van der Waals surface area contributed by atoms with Gasteiger partial charge in [0.05, 0.1) is 5.69 Å². The lowest BCUT2D eigenvalue weighted by atomic mass is 10.0. The highest BCUT2D eigenvalue weighted by Crippen LogP contribution is 2.36. The maximum absolute atomic E-state index is 4.53. The average Bonchev–Trinajstić information content (AvgIpc) is 2.58. The Morgan fingerprint density at radius 1 is 1.20 bits per heavy atom. The lowest BCUT2D eigenvalue weighted by Gasteiger charge is -2.02. The van der Waals surface area contributed by atoms with E-state index in [0.717, 1.165) is 17.9 Å². The molecule has 0 spiro atoms. The van der Waals surface area contributed by atoms with E-state index in [9.17, 15) is 0 Å². The maximum atomic E-state index is 4.53. The Bertz CT molecular complexity index is 544. The number of benzene rings is 1. The Hall–Kier alpha value is -1.70. The first-order valence-electron chi connectivity index (χ1n) is 5.17. The smallest absolute Gasteiger partial charge is 0.125 e. The normalized spacial score (nSPS) is 12.4. The van der Waals surface area contributed by atoms with Gasteiger partial charge in [0, 0.05) is 23.7 Å². The fourth-order valence-corrected chi connectivity index (χ4v) is 2.21. The van der Waals surface area contributed by atoms with Gasteiger partial charge in [0.15, 0.2) is 0 Å². The molecule has 0 fully saturated rings. The molecule has 2 aromatic rings. The molecule has 2 heteroatoms. The van der Waals surface area contributed by atoms with Crippen LogP contribution < -0.4 is 0 Å². The van der Waals surface area contributed by atoms with E-state index in [-0.39, 0.29) is 0 Å². The lowest BCUT2D eigenvalue weighted by Crippen LogP contribution is -1.91. The molecule has 1 aliphatic carbocycles. The van der Waals surface area contributed by atoms with E-state index in [0.29, 0.717) is 0 Å². The fourth-order valence-electron chi connectivity index (χ4n) is 2.21. The topological polar surface area (TPSA) is 25.8 Å². The monoisotopic (exact) mass is 196 g/mol. The third-order valence-electron chi connectivity index (χ3n) is 3.02. The van der Waals surface area contributed by atoms with Crippen molar-refractivity contribution in [1.29, 1.82) is 0 Å². The first-order chi connectivity index (χ1) is 7.25. The van der Waals surface area contributed by atoms with Crippen LogP contribution in [0.2, 0.25) is 0 Å². The van der Waals surface area contributed by atoms with Gasteiger partial charge in [0.1, 0.15) is 5.82 Å². The van der Waals surface area contributed by atoms with Gasteiger partial charge in [0.25, 0.3) is 0 Å². The van der Waals surface area contributed by atoms with Crippen LogP contribution >= 0.6 is 0 Å². The molecule has 1 aromatic carbocycles. The second kappa shape index (κ2) is 2.89. The van der Waals surface area contributed by atoms with Gasteiger partial charge in [0.2, 0.25) is 0 Å². The minimum atomic E-state index is 0.850. The Balaban J connectivity index is 2.31. The van der Waals surface area contributed by atoms with E-state index < -0.39 is 0 Å². The number of aryl methyl sites for hydroxylation is 2. The van der Waals surface area contributed by atoms with Gasteiger partial charge in [-0.15, -0.1) is 0 Å². The van der Waals surface area contributed by atoms with Gasteiger partial charge >= 0.3 is 0 Å². The van der Waals surface area contributed by atoms with Crippen molar-refractivity contribution < 1.29 is 0 Å². The minimum Gasteiger partial charge on any atom is -0.241 e. The van der Waals surface area contributed by atoms with Gasteiger partial charge in [-0.1, -0.05) is 18.2 Å². The molecule has 0 radical (unpaired) electrons. The molecule has 1 heterocycles. The van der Waals surface area contributed by atoms with E-state index in [1.807, 2.05) is 13.1 Å². The van der Waals surface area contributed by atoms with E-state index >= 15 is 0 Å². The Morgan fingerprint density at radius 3 is 2.93 bits per heavy atom. The first kappa shape index (κ1) is 8.60. The maximum Gasteiger partial charge on any atom is 0.125 e. The molecule has 1 aromatic heterocycles. The summed E-state index contributed by atoms with van der Waals surface area (Å²) in [4.78, 5) is 8.78. The van der Waals surface area contributed by atoms with Crippen LogP contribution in [0.5, 0.6) is 0 Å². The zero-order valence-electron chi connectivity index (χ0n) is 8.91. The largest absolute Gasteiger partial charge is 0.241 e. The summed E-state index contributed by atoms with van der Waals surface area (Å²) in [6.07, 6.45) is 2.94. The van der Waals surface area contributed by atoms with Crippen molar-refractivity contribution in [2.24, 2.45) is 0 Å². The highest BCUT2D eigenvalue weighted by Gasteiger charge is 2.21. The highest BCUT2D eigenvalue weighted by atomic mass is 14.9. The zero-order valence-corrected chi connectivity index (χ0v) is 8.91. The number of fused-ring (bicyclic) bond motifs is 3. The molecular formula is C13H12N2. The molecule has 0 saturated heterocycles. The molecule has 0 N–H and O–H groups in total. The van der Waals surface area contributed by atoms with E-state index in [4.69, 9.17) is 0 Å². The van der Waals surface area contributed by atoms with Crippen LogP contribution in [0.4, 0.5) is 0 Å². The lowest BCUT2D eigenvalue weighted by molar-refractivity contribution is 1.03. The molecular weight excluding hydrogens is 184 g/mol. The molecule has 3 rings (SSSR count). The number of hydrogen-bond acceptors (Lipinski definition) is 2. The second-order valence-corrected chi connectivity index (χ2v) is 4.07. The summed E-state index contributed by atoms with van der Waals surface area (Å²) in [6, 6.07) is 6.41. The molecule has 0 atom stereocenters. The van der Waals surface area contributed by atoms with Gasteiger partial charge < -0.3 is 0 Å². The van der Waals surface area contributed by atoms with Crippen LogP contribution in [0.1, 0.15) is 22.5 Å². The van der Waals surface area contributed by atoms with Crippen molar-refractivity contribution in [2.45, 2.75) is 20.3 Å². The van der Waals surface area contributed by atoms with Crippen molar-refractivity contribution >= 4 is 0 Å². The highest BCUT2D eigenvalue weighted by molar-refractivity contribution is 5.74. The van der Waals surface area contributed by atoms with Crippen LogP contribution in [-0.4, -0.2) is 9.97 Å². The SMILES string of the molecule is Cc1ncc2c(n1)-c1cccc(C)c1C2. The molecule has 74 valence electrons. The van der Waals surface area contributed by atoms with Crippen LogP contribution in [0.3, 0.4) is 0 Å². The third-order valence-corrected chi connectivity index (χ3v) is 3.02. The van der Waals surface area contributed by atoms with E-state index in [2.05, 4.69) is 35.1 Å². The summed E-state index contributed by atoms with van der Waals surface area (Å²) in [6.45, 7) is 4.10. The molecule has 1 aliphatic rings. The second-order valence-electron chi connectivity index (χ2n) is 4.07. The Labute approximate surface area is 89.0 Å². The van der Waals surface area contributed by atoms with Crippen molar-refractivity contribution in [3.05, 3.63) is 46.9 Å². The van der Waals surface area contributed by atoms with Crippen molar-refractivity contribution in [1.82, 2.24) is 9.97 Å². The van der Waals surface area contributed by atoms with Gasteiger partial charge in [-0.2, -0.15) is 0 Å².